The van der Waals surface area contributed by atoms with Crippen molar-refractivity contribution in [2.75, 3.05) is 0 Å². The van der Waals surface area contributed by atoms with Gasteiger partial charge in [0.25, 0.3) is 0 Å². The van der Waals surface area contributed by atoms with E-state index in [9.17, 15) is 0 Å². The molecule has 10 aromatic rings. The number of aromatic nitrogens is 2. The summed E-state index contributed by atoms with van der Waals surface area (Å²) in [5, 5.41) is 7.82. The van der Waals surface area contributed by atoms with E-state index in [4.69, 9.17) is 0 Å². The van der Waals surface area contributed by atoms with E-state index in [2.05, 4.69) is 119 Å². The van der Waals surface area contributed by atoms with Crippen molar-refractivity contribution in [3.63, 3.8) is 0 Å². The van der Waals surface area contributed by atoms with E-state index >= 15 is 0 Å². The van der Waals surface area contributed by atoms with Crippen LogP contribution in [0.4, 0.5) is 0 Å². The first-order chi connectivity index (χ1) is 22.7. The summed E-state index contributed by atoms with van der Waals surface area (Å²) in [5.41, 5.74) is 4.87. The molecule has 0 saturated heterocycles. The summed E-state index contributed by atoms with van der Waals surface area (Å²) >= 11 is 7.54. The van der Waals surface area contributed by atoms with Gasteiger partial charge in [0.1, 0.15) is 0 Å². The number of rotatable bonds is 4. The Kier molecular flexibility index (Phi) is 5.99. The lowest BCUT2D eigenvalue weighted by molar-refractivity contribution is 1.33. The quantitative estimate of drug-likeness (QED) is 0.188. The van der Waals surface area contributed by atoms with Gasteiger partial charge in [-0.05, 0) is 140 Å². The van der Waals surface area contributed by atoms with Crippen molar-refractivity contribution in [3.05, 3.63) is 134 Å². The first kappa shape index (κ1) is 26.5. The lowest BCUT2D eigenvalue weighted by atomic mass is 10.1. The van der Waals surface area contributed by atoms with Crippen LogP contribution in [0.2, 0.25) is 0 Å². The van der Waals surface area contributed by atoms with Crippen molar-refractivity contribution < 1.29 is 0 Å². The second kappa shape index (κ2) is 10.4. The summed E-state index contributed by atoms with van der Waals surface area (Å²) in [7, 11) is 0. The molecule has 0 atom stereocenters. The van der Waals surface area contributed by atoms with Crippen molar-refractivity contribution in [1.29, 1.82) is 0 Å². The summed E-state index contributed by atoms with van der Waals surface area (Å²) in [6.07, 6.45) is 7.42. The Balaban J connectivity index is 0.996. The van der Waals surface area contributed by atoms with Crippen molar-refractivity contribution in [3.8, 4) is 41.8 Å². The Bertz CT molecular complexity index is 2490. The molecular formula is C40H22N2S4. The number of hydrogen-bond acceptors (Lipinski definition) is 6. The number of hydrogen-bond donors (Lipinski definition) is 0. The Morgan fingerprint density at radius 2 is 0.652 bits per heavy atom. The molecule has 0 fully saturated rings. The molecule has 4 aromatic carbocycles. The molecule has 0 aliphatic carbocycles. The smallest absolute Gasteiger partial charge is 0.0455 e. The van der Waals surface area contributed by atoms with Gasteiger partial charge in [0.05, 0.1) is 0 Å². The highest BCUT2D eigenvalue weighted by Gasteiger charge is 2.13. The molecular weight excluding hydrogens is 637 g/mol. The molecule has 46 heavy (non-hydrogen) atoms. The predicted molar refractivity (Wildman–Crippen MR) is 203 cm³/mol. The SMILES string of the molecule is c1cc(-c2ccc3cc(-c4cc5cc6cc7sc(-c8cc9ccc(-c%10ccncc%10)cc9s8)cc7cc6cc5s4)sc3c2)ccn1. The van der Waals surface area contributed by atoms with E-state index < -0.39 is 0 Å². The Morgan fingerprint density at radius 3 is 1.07 bits per heavy atom. The molecule has 0 N–H and O–H groups in total. The predicted octanol–water partition coefficient (Wildman–Crippen LogP) is 13.2. The van der Waals surface area contributed by atoms with E-state index in [0.29, 0.717) is 0 Å². The van der Waals surface area contributed by atoms with Crippen molar-refractivity contribution in [1.82, 2.24) is 9.97 Å². The van der Waals surface area contributed by atoms with E-state index in [1.54, 1.807) is 0 Å². The Morgan fingerprint density at radius 1 is 0.283 bits per heavy atom. The summed E-state index contributed by atoms with van der Waals surface area (Å²) in [4.78, 5) is 13.7. The average Bonchev–Trinajstić information content (AvgIpc) is 3.90. The summed E-state index contributed by atoms with van der Waals surface area (Å²) in [6.45, 7) is 0. The molecule has 0 spiro atoms. The Labute approximate surface area is 280 Å². The van der Waals surface area contributed by atoms with Gasteiger partial charge in [0.2, 0.25) is 0 Å². The maximum Gasteiger partial charge on any atom is 0.0455 e. The molecule has 0 aliphatic rings. The van der Waals surface area contributed by atoms with Gasteiger partial charge < -0.3 is 0 Å². The van der Waals surface area contributed by atoms with Gasteiger partial charge in [0.15, 0.2) is 0 Å². The number of fused-ring (bicyclic) bond motifs is 5. The van der Waals surface area contributed by atoms with Crippen LogP contribution >= 0.6 is 45.3 Å². The van der Waals surface area contributed by atoms with Crippen LogP contribution in [-0.2, 0) is 0 Å². The molecule has 0 bridgehead atoms. The van der Waals surface area contributed by atoms with E-state index in [1.807, 2.05) is 70.1 Å². The second-order valence-corrected chi connectivity index (χ2v) is 15.9. The average molecular weight is 659 g/mol. The first-order valence-electron chi connectivity index (χ1n) is 15.0. The molecule has 0 aliphatic heterocycles. The molecule has 0 saturated carbocycles. The fourth-order valence-corrected chi connectivity index (χ4v) is 10.9. The van der Waals surface area contributed by atoms with E-state index in [0.717, 1.165) is 0 Å². The number of pyridine rings is 2. The maximum absolute atomic E-state index is 4.17. The third kappa shape index (κ3) is 4.49. The highest BCUT2D eigenvalue weighted by atomic mass is 32.1. The van der Waals surface area contributed by atoms with Crippen LogP contribution in [0.5, 0.6) is 0 Å². The molecule has 10 rings (SSSR count). The topological polar surface area (TPSA) is 25.8 Å². The van der Waals surface area contributed by atoms with E-state index in [-0.39, 0.29) is 0 Å². The molecule has 216 valence electrons. The standard InChI is InChI=1S/C40H22N2S4/c1-3-27-17-37(43-33(27)15-25(1)23-5-9-41-10-6-23)39-21-31-13-29-20-36-32(14-30(29)19-35(31)45-39)22-40(46-36)38-18-28-4-2-26(16-34(28)44-38)24-7-11-42-12-8-24/h1-22H. The van der Waals surface area contributed by atoms with Crippen LogP contribution < -0.4 is 0 Å². The molecule has 6 heterocycles. The zero-order valence-corrected chi connectivity index (χ0v) is 27.5. The summed E-state index contributed by atoms with van der Waals surface area (Å²) < 4.78 is 5.30. The Hall–Kier alpha value is -4.72. The lowest BCUT2D eigenvalue weighted by Gasteiger charge is -2.00. The van der Waals surface area contributed by atoms with Gasteiger partial charge in [-0.15, -0.1) is 45.3 Å². The molecule has 0 amide bonds. The minimum atomic E-state index is 1.20. The maximum atomic E-state index is 4.17. The first-order valence-corrected chi connectivity index (χ1v) is 18.3. The van der Waals surface area contributed by atoms with Crippen LogP contribution in [0.15, 0.2) is 134 Å². The third-order valence-corrected chi connectivity index (χ3v) is 13.4. The third-order valence-electron chi connectivity index (χ3n) is 8.66. The van der Waals surface area contributed by atoms with Crippen molar-refractivity contribution >= 4 is 96.5 Å². The van der Waals surface area contributed by atoms with Crippen LogP contribution in [0, 0.1) is 0 Å². The number of benzene rings is 4. The molecule has 6 heteroatoms. The molecule has 0 radical (unpaired) electrons. The van der Waals surface area contributed by atoms with Gasteiger partial charge >= 0.3 is 0 Å². The van der Waals surface area contributed by atoms with Gasteiger partial charge in [-0.2, -0.15) is 0 Å². The molecule has 2 nitrogen and oxygen atoms in total. The minimum absolute atomic E-state index is 1.20. The van der Waals surface area contributed by atoms with Crippen LogP contribution in [0.1, 0.15) is 0 Å². The van der Waals surface area contributed by atoms with E-state index in [1.165, 1.54) is 92.9 Å². The van der Waals surface area contributed by atoms with Crippen LogP contribution in [0.25, 0.3) is 92.9 Å². The van der Waals surface area contributed by atoms with Gasteiger partial charge in [-0.25, -0.2) is 0 Å². The fraction of sp³-hybridized carbons (Fsp3) is 0. The monoisotopic (exact) mass is 658 g/mol. The highest BCUT2D eigenvalue weighted by Crippen LogP contribution is 2.44. The van der Waals surface area contributed by atoms with Crippen molar-refractivity contribution in [2.45, 2.75) is 0 Å². The van der Waals surface area contributed by atoms with Crippen LogP contribution in [0.3, 0.4) is 0 Å². The number of thiophene rings is 4. The normalized spacial score (nSPS) is 11.9. The second-order valence-electron chi connectivity index (χ2n) is 11.5. The minimum Gasteiger partial charge on any atom is -0.265 e. The summed E-state index contributed by atoms with van der Waals surface area (Å²) in [5.74, 6) is 0. The largest absolute Gasteiger partial charge is 0.265 e. The van der Waals surface area contributed by atoms with Gasteiger partial charge in [0, 0.05) is 63.1 Å². The number of nitrogens with zero attached hydrogens (tertiary/aromatic N) is 2. The van der Waals surface area contributed by atoms with Crippen molar-refractivity contribution in [2.24, 2.45) is 0 Å². The molecule has 0 unspecified atom stereocenters. The molecule has 6 aromatic heterocycles. The lowest BCUT2D eigenvalue weighted by Crippen LogP contribution is -1.77. The summed E-state index contributed by atoms with van der Waals surface area (Å²) in [6, 6.07) is 40.7. The van der Waals surface area contributed by atoms with Gasteiger partial charge in [-0.1, -0.05) is 24.3 Å². The fourth-order valence-electron chi connectivity index (χ4n) is 6.32. The zero-order valence-electron chi connectivity index (χ0n) is 24.2. The highest BCUT2D eigenvalue weighted by molar-refractivity contribution is 7.29. The van der Waals surface area contributed by atoms with Crippen LogP contribution in [-0.4, -0.2) is 9.97 Å². The van der Waals surface area contributed by atoms with Gasteiger partial charge in [-0.3, -0.25) is 9.97 Å². The zero-order chi connectivity index (χ0) is 30.2.